The number of nitrogens with zero attached hydrogens (tertiary/aromatic N) is 2. The van der Waals surface area contributed by atoms with E-state index in [0.717, 1.165) is 17.0 Å². The first-order valence-electron chi connectivity index (χ1n) is 10.3. The minimum absolute atomic E-state index is 0. The van der Waals surface area contributed by atoms with Gasteiger partial charge in [-0.1, -0.05) is 66.7 Å². The first-order valence-corrected chi connectivity index (χ1v) is 10.3. The molecule has 0 atom stereocenters. The van der Waals surface area contributed by atoms with E-state index in [1.165, 1.54) is 22.3 Å². The van der Waals surface area contributed by atoms with E-state index in [9.17, 15) is 0 Å². The molecule has 0 saturated carbocycles. The molecule has 5 aromatic rings. The van der Waals surface area contributed by atoms with Crippen molar-refractivity contribution in [2.24, 2.45) is 0 Å². The van der Waals surface area contributed by atoms with Crippen molar-refractivity contribution in [3.05, 3.63) is 133 Å². The van der Waals surface area contributed by atoms with Crippen molar-refractivity contribution in [3.63, 3.8) is 0 Å². The zero-order valence-corrected chi connectivity index (χ0v) is 20.2. The van der Waals surface area contributed by atoms with E-state index in [4.69, 9.17) is 0 Å². The van der Waals surface area contributed by atoms with E-state index in [1.54, 1.807) is 6.20 Å². The molecule has 0 amide bonds. The standard InChI is InChI=1S/C18H15N.C11H8N.Ir/c1-14-13-16(15-7-3-2-4-8-15)10-11-17(14)18-9-5-6-12-19-18;1-2-6-10(7-3-1)11-8-4-5-9-12-11;/h2-13H,1H3;1-6,8-9H;/q;-1;. The van der Waals surface area contributed by atoms with Gasteiger partial charge in [0.15, 0.2) is 0 Å². The normalized spacial score (nSPS) is 9.78. The van der Waals surface area contributed by atoms with Crippen LogP contribution < -0.4 is 0 Å². The minimum atomic E-state index is 0. The Morgan fingerprint density at radius 1 is 0.594 bits per heavy atom. The third-order valence-electron chi connectivity index (χ3n) is 4.92. The fraction of sp³-hybridized carbons (Fsp3) is 0.0345. The molecule has 2 aromatic heterocycles. The number of aryl methyl sites for hydroxylation is 1. The predicted molar refractivity (Wildman–Crippen MR) is 128 cm³/mol. The Kier molecular flexibility index (Phi) is 8.62. The summed E-state index contributed by atoms with van der Waals surface area (Å²) in [5, 5.41) is 0. The number of aromatic nitrogens is 2. The van der Waals surface area contributed by atoms with Crippen molar-refractivity contribution < 1.29 is 20.1 Å². The van der Waals surface area contributed by atoms with Gasteiger partial charge in [0.25, 0.3) is 0 Å². The third-order valence-corrected chi connectivity index (χ3v) is 4.92. The maximum absolute atomic E-state index is 4.41. The molecule has 0 aliphatic rings. The van der Waals surface area contributed by atoms with E-state index in [2.05, 4.69) is 65.4 Å². The van der Waals surface area contributed by atoms with E-state index < -0.39 is 0 Å². The van der Waals surface area contributed by atoms with Crippen molar-refractivity contribution in [2.75, 3.05) is 0 Å². The molecule has 0 bridgehead atoms. The van der Waals surface area contributed by atoms with Crippen LogP contribution in [0.25, 0.3) is 33.6 Å². The smallest absolute Gasteiger partial charge is 0.0704 e. The summed E-state index contributed by atoms with van der Waals surface area (Å²) in [5.74, 6) is 0. The van der Waals surface area contributed by atoms with Gasteiger partial charge in [-0.25, -0.2) is 0 Å². The van der Waals surface area contributed by atoms with Crippen LogP contribution in [0.15, 0.2) is 122 Å². The topological polar surface area (TPSA) is 25.8 Å². The van der Waals surface area contributed by atoms with Crippen molar-refractivity contribution in [2.45, 2.75) is 6.92 Å². The van der Waals surface area contributed by atoms with Gasteiger partial charge in [-0.2, -0.15) is 0 Å². The zero-order chi connectivity index (χ0) is 21.3. The van der Waals surface area contributed by atoms with Crippen molar-refractivity contribution in [1.82, 2.24) is 9.97 Å². The fourth-order valence-electron chi connectivity index (χ4n) is 3.36. The zero-order valence-electron chi connectivity index (χ0n) is 17.8. The van der Waals surface area contributed by atoms with Crippen molar-refractivity contribution in [1.29, 1.82) is 0 Å². The van der Waals surface area contributed by atoms with E-state index in [-0.39, 0.29) is 20.1 Å². The molecule has 0 N–H and O–H groups in total. The van der Waals surface area contributed by atoms with E-state index in [1.807, 2.05) is 72.9 Å². The Labute approximate surface area is 203 Å². The van der Waals surface area contributed by atoms with Gasteiger partial charge < -0.3 is 4.98 Å². The molecule has 159 valence electrons. The summed E-state index contributed by atoms with van der Waals surface area (Å²) in [6.07, 6.45) is 3.62. The Hall–Kier alpha value is -3.39. The fourth-order valence-corrected chi connectivity index (χ4v) is 3.36. The van der Waals surface area contributed by atoms with Crippen LogP contribution in [0, 0.1) is 13.0 Å². The summed E-state index contributed by atoms with van der Waals surface area (Å²) in [7, 11) is 0. The second kappa shape index (κ2) is 11.9. The van der Waals surface area contributed by atoms with Gasteiger partial charge >= 0.3 is 0 Å². The summed E-state index contributed by atoms with van der Waals surface area (Å²) >= 11 is 0. The largest absolute Gasteiger partial charge is 0.305 e. The summed E-state index contributed by atoms with van der Waals surface area (Å²) in [4.78, 5) is 8.63. The van der Waals surface area contributed by atoms with Gasteiger partial charge in [0.05, 0.1) is 5.69 Å². The van der Waals surface area contributed by atoms with Crippen LogP contribution in [0.5, 0.6) is 0 Å². The molecule has 1 radical (unpaired) electrons. The van der Waals surface area contributed by atoms with Gasteiger partial charge in [-0.15, -0.1) is 35.9 Å². The van der Waals surface area contributed by atoms with Gasteiger partial charge in [-0.05, 0) is 47.5 Å². The second-order valence-electron chi connectivity index (χ2n) is 7.10. The van der Waals surface area contributed by atoms with Crippen LogP contribution >= 0.6 is 0 Å². The minimum Gasteiger partial charge on any atom is -0.305 e. The van der Waals surface area contributed by atoms with Crippen LogP contribution in [-0.2, 0) is 20.1 Å². The number of hydrogen-bond donors (Lipinski definition) is 0. The Balaban J connectivity index is 0.000000193. The maximum atomic E-state index is 4.41. The molecule has 0 fully saturated rings. The maximum Gasteiger partial charge on any atom is 0.0704 e. The average molecular weight is 592 g/mol. The van der Waals surface area contributed by atoms with Crippen LogP contribution in [0.3, 0.4) is 0 Å². The van der Waals surface area contributed by atoms with Gasteiger partial charge in [0, 0.05) is 38.1 Å². The third kappa shape index (κ3) is 6.07. The molecule has 2 heterocycles. The van der Waals surface area contributed by atoms with Gasteiger partial charge in [0.1, 0.15) is 0 Å². The SMILES string of the molecule is Cc1cc(-c2ccccc2)ccc1-c1ccccn1.[Ir].[c-]1ccccc1-c1ccccn1. The number of rotatable bonds is 3. The molecule has 2 nitrogen and oxygen atoms in total. The summed E-state index contributed by atoms with van der Waals surface area (Å²) in [6.45, 7) is 2.14. The molecule has 0 aliphatic heterocycles. The van der Waals surface area contributed by atoms with Crippen LogP contribution in [0.4, 0.5) is 0 Å². The van der Waals surface area contributed by atoms with E-state index in [0.29, 0.717) is 0 Å². The molecule has 0 saturated heterocycles. The Morgan fingerprint density at radius 2 is 1.25 bits per heavy atom. The molecule has 0 spiro atoms. The monoisotopic (exact) mass is 592 g/mol. The summed E-state index contributed by atoms with van der Waals surface area (Å²) in [5.41, 5.74) is 7.98. The number of pyridine rings is 2. The van der Waals surface area contributed by atoms with Crippen molar-refractivity contribution in [3.8, 4) is 33.6 Å². The van der Waals surface area contributed by atoms with Gasteiger partial charge in [-0.3, -0.25) is 4.98 Å². The second-order valence-corrected chi connectivity index (χ2v) is 7.10. The molecular weight excluding hydrogens is 569 g/mol. The predicted octanol–water partition coefficient (Wildman–Crippen LogP) is 7.27. The Morgan fingerprint density at radius 3 is 1.84 bits per heavy atom. The van der Waals surface area contributed by atoms with Crippen LogP contribution in [0.1, 0.15) is 5.56 Å². The number of hydrogen-bond acceptors (Lipinski definition) is 2. The first-order chi connectivity index (χ1) is 15.3. The van der Waals surface area contributed by atoms with Gasteiger partial charge in [0.2, 0.25) is 0 Å². The van der Waals surface area contributed by atoms with E-state index >= 15 is 0 Å². The molecule has 5 rings (SSSR count). The summed E-state index contributed by atoms with van der Waals surface area (Å²) < 4.78 is 0. The molecule has 0 aliphatic carbocycles. The quantitative estimate of drug-likeness (QED) is 0.206. The molecule has 32 heavy (non-hydrogen) atoms. The molecule has 3 heteroatoms. The molecule has 0 unspecified atom stereocenters. The van der Waals surface area contributed by atoms with Crippen LogP contribution in [-0.4, -0.2) is 9.97 Å². The summed E-state index contributed by atoms with van der Waals surface area (Å²) in [6, 6.07) is 39.8. The van der Waals surface area contributed by atoms with Crippen molar-refractivity contribution >= 4 is 0 Å². The molecule has 3 aromatic carbocycles. The van der Waals surface area contributed by atoms with Crippen LogP contribution in [0.2, 0.25) is 0 Å². The Bertz CT molecular complexity index is 1170. The molecular formula is C29H23IrN2-. The average Bonchev–Trinajstić information content (AvgIpc) is 2.86. The number of benzene rings is 3. The first kappa shape index (κ1) is 23.3.